The summed E-state index contributed by atoms with van der Waals surface area (Å²) >= 11 is 0. The van der Waals surface area contributed by atoms with E-state index in [0.717, 1.165) is 19.4 Å². The van der Waals surface area contributed by atoms with E-state index in [0.29, 0.717) is 25.6 Å². The fourth-order valence-electron chi connectivity index (χ4n) is 2.22. The molecule has 1 saturated heterocycles. The van der Waals surface area contributed by atoms with E-state index in [2.05, 4.69) is 4.98 Å². The van der Waals surface area contributed by atoms with Crippen molar-refractivity contribution in [3.8, 4) is 0 Å². The molecule has 0 spiro atoms. The largest absolute Gasteiger partial charge is 0.381 e. The molecule has 5 nitrogen and oxygen atoms in total. The predicted molar refractivity (Wildman–Crippen MR) is 72.2 cm³/mol. The van der Waals surface area contributed by atoms with Crippen LogP contribution < -0.4 is 0 Å². The molecule has 1 aliphatic rings. The second kappa shape index (κ2) is 6.45. The van der Waals surface area contributed by atoms with Gasteiger partial charge in [-0.15, -0.1) is 0 Å². The van der Waals surface area contributed by atoms with Gasteiger partial charge in [0.1, 0.15) is 4.90 Å². The van der Waals surface area contributed by atoms with E-state index in [1.807, 2.05) is 6.92 Å². The van der Waals surface area contributed by atoms with Gasteiger partial charge in [-0.2, -0.15) is 4.31 Å². The van der Waals surface area contributed by atoms with Crippen molar-refractivity contribution < 1.29 is 13.2 Å². The maximum Gasteiger partial charge on any atom is 0.244 e. The van der Waals surface area contributed by atoms with Gasteiger partial charge in [0.25, 0.3) is 0 Å². The quantitative estimate of drug-likeness (QED) is 0.794. The minimum absolute atomic E-state index is 0.266. The maximum atomic E-state index is 12.6. The summed E-state index contributed by atoms with van der Waals surface area (Å²) in [5, 5.41) is 0. The number of pyridine rings is 1. The van der Waals surface area contributed by atoms with Crippen LogP contribution in [0.2, 0.25) is 0 Å². The van der Waals surface area contributed by atoms with Crippen molar-refractivity contribution in [2.45, 2.75) is 24.7 Å². The summed E-state index contributed by atoms with van der Waals surface area (Å²) < 4.78 is 32.0. The highest BCUT2D eigenvalue weighted by atomic mass is 32.2. The Kier molecular flexibility index (Phi) is 4.90. The molecule has 1 aliphatic heterocycles. The molecule has 0 saturated carbocycles. The van der Waals surface area contributed by atoms with Crippen LogP contribution in [0.15, 0.2) is 29.4 Å². The van der Waals surface area contributed by atoms with Gasteiger partial charge in [0.15, 0.2) is 0 Å². The molecule has 0 aliphatic carbocycles. The van der Waals surface area contributed by atoms with Crippen molar-refractivity contribution in [2.24, 2.45) is 5.92 Å². The molecule has 2 rings (SSSR count). The molecule has 1 aromatic heterocycles. The molecule has 1 unspecified atom stereocenters. The molecule has 0 aromatic carbocycles. The maximum absolute atomic E-state index is 12.6. The van der Waals surface area contributed by atoms with Crippen LogP contribution in [0, 0.1) is 5.92 Å². The first-order valence-electron chi connectivity index (χ1n) is 6.62. The van der Waals surface area contributed by atoms with E-state index in [9.17, 15) is 8.42 Å². The number of aromatic nitrogens is 1. The number of nitrogens with zero attached hydrogens (tertiary/aromatic N) is 2. The monoisotopic (exact) mass is 284 g/mol. The van der Waals surface area contributed by atoms with Gasteiger partial charge in [0.05, 0.1) is 6.61 Å². The van der Waals surface area contributed by atoms with Gasteiger partial charge in [0, 0.05) is 32.1 Å². The van der Waals surface area contributed by atoms with Crippen LogP contribution in [-0.2, 0) is 14.8 Å². The molecule has 0 radical (unpaired) electrons. The molecule has 19 heavy (non-hydrogen) atoms. The van der Waals surface area contributed by atoms with Crippen LogP contribution >= 0.6 is 0 Å². The molecular formula is C13H20N2O3S. The molecule has 106 valence electrons. The lowest BCUT2D eigenvalue weighted by Crippen LogP contribution is -2.36. The highest BCUT2D eigenvalue weighted by Crippen LogP contribution is 2.20. The third-order valence-electron chi connectivity index (χ3n) is 3.23. The first-order chi connectivity index (χ1) is 9.14. The van der Waals surface area contributed by atoms with Crippen LogP contribution in [0.3, 0.4) is 0 Å². The summed E-state index contributed by atoms with van der Waals surface area (Å²) in [6, 6.07) is 3.24. The van der Waals surface area contributed by atoms with Crippen molar-refractivity contribution in [3.05, 3.63) is 24.5 Å². The second-order valence-corrected chi connectivity index (χ2v) is 6.72. The highest BCUT2D eigenvalue weighted by molar-refractivity contribution is 7.89. The Hall–Kier alpha value is -0.980. The van der Waals surface area contributed by atoms with Gasteiger partial charge < -0.3 is 4.74 Å². The van der Waals surface area contributed by atoms with E-state index in [1.165, 1.54) is 6.20 Å². The second-order valence-electron chi connectivity index (χ2n) is 4.78. The first kappa shape index (κ1) is 14.4. The van der Waals surface area contributed by atoms with Gasteiger partial charge in [-0.3, -0.25) is 4.98 Å². The lowest BCUT2D eigenvalue weighted by molar-refractivity contribution is 0.180. The van der Waals surface area contributed by atoms with Gasteiger partial charge >= 0.3 is 0 Å². The zero-order chi connectivity index (χ0) is 13.7. The molecule has 1 aromatic rings. The van der Waals surface area contributed by atoms with E-state index >= 15 is 0 Å². The normalized spacial score (nSPS) is 20.0. The first-order valence-corrected chi connectivity index (χ1v) is 8.06. The molecule has 2 heterocycles. The summed E-state index contributed by atoms with van der Waals surface area (Å²) in [5.74, 6) is 0.304. The van der Waals surface area contributed by atoms with Crippen LogP contribution in [0.4, 0.5) is 0 Å². The summed E-state index contributed by atoms with van der Waals surface area (Å²) in [7, 11) is -3.44. The van der Waals surface area contributed by atoms with Crippen molar-refractivity contribution >= 4 is 10.0 Å². The molecule has 0 bridgehead atoms. The van der Waals surface area contributed by atoms with E-state index in [-0.39, 0.29) is 4.90 Å². The SMILES string of the molecule is CCCN(CC1CCOC1)S(=O)(=O)c1cccnc1. The predicted octanol–water partition coefficient (Wildman–Crippen LogP) is 1.52. The van der Waals surface area contributed by atoms with E-state index < -0.39 is 10.0 Å². The van der Waals surface area contributed by atoms with Gasteiger partial charge in [-0.05, 0) is 30.9 Å². The molecule has 1 atom stereocenters. The summed E-state index contributed by atoms with van der Waals surface area (Å²) in [6.07, 6.45) is 4.72. The topological polar surface area (TPSA) is 59.5 Å². The fraction of sp³-hybridized carbons (Fsp3) is 0.615. The zero-order valence-corrected chi connectivity index (χ0v) is 12.0. The Morgan fingerprint density at radius 1 is 1.53 bits per heavy atom. The Bertz CT molecular complexity index is 484. The minimum atomic E-state index is -3.44. The van der Waals surface area contributed by atoms with Crippen molar-refractivity contribution in [3.63, 3.8) is 0 Å². The van der Waals surface area contributed by atoms with Crippen molar-refractivity contribution in [1.82, 2.24) is 9.29 Å². The molecule has 0 N–H and O–H groups in total. The number of rotatable bonds is 6. The smallest absolute Gasteiger partial charge is 0.244 e. The third kappa shape index (κ3) is 3.52. The minimum Gasteiger partial charge on any atom is -0.381 e. The van der Waals surface area contributed by atoms with Crippen molar-refractivity contribution in [1.29, 1.82) is 0 Å². The van der Waals surface area contributed by atoms with Gasteiger partial charge in [-0.1, -0.05) is 6.92 Å². The number of sulfonamides is 1. The number of ether oxygens (including phenoxy) is 1. The lowest BCUT2D eigenvalue weighted by atomic mass is 10.1. The Morgan fingerprint density at radius 2 is 2.37 bits per heavy atom. The van der Waals surface area contributed by atoms with Crippen LogP contribution in [-0.4, -0.2) is 44.0 Å². The Labute approximate surface area is 114 Å². The van der Waals surface area contributed by atoms with E-state index in [1.54, 1.807) is 22.6 Å². The van der Waals surface area contributed by atoms with Gasteiger partial charge in [-0.25, -0.2) is 8.42 Å². The number of hydrogen-bond donors (Lipinski definition) is 0. The van der Waals surface area contributed by atoms with Crippen molar-refractivity contribution in [2.75, 3.05) is 26.3 Å². The number of hydrogen-bond acceptors (Lipinski definition) is 4. The highest BCUT2D eigenvalue weighted by Gasteiger charge is 2.28. The Balaban J connectivity index is 2.17. The Morgan fingerprint density at radius 3 is 2.95 bits per heavy atom. The van der Waals surface area contributed by atoms with E-state index in [4.69, 9.17) is 4.74 Å². The lowest BCUT2D eigenvalue weighted by Gasteiger charge is -2.24. The molecule has 1 fully saturated rings. The molecule has 6 heteroatoms. The zero-order valence-electron chi connectivity index (χ0n) is 11.2. The summed E-state index contributed by atoms with van der Waals surface area (Å²) in [4.78, 5) is 4.16. The molecular weight excluding hydrogens is 264 g/mol. The van der Waals surface area contributed by atoms with Crippen LogP contribution in [0.5, 0.6) is 0 Å². The van der Waals surface area contributed by atoms with Crippen LogP contribution in [0.1, 0.15) is 19.8 Å². The standard InChI is InChI=1S/C13H20N2O3S/c1-2-7-15(10-12-5-8-18-11-12)19(16,17)13-4-3-6-14-9-13/h3-4,6,9,12H,2,5,7-8,10-11H2,1H3. The van der Waals surface area contributed by atoms with Gasteiger partial charge in [0.2, 0.25) is 10.0 Å². The molecule has 0 amide bonds. The third-order valence-corrected chi connectivity index (χ3v) is 5.08. The average Bonchev–Trinajstić information content (AvgIpc) is 2.92. The summed E-state index contributed by atoms with van der Waals surface area (Å²) in [6.45, 7) is 4.44. The average molecular weight is 284 g/mol. The van der Waals surface area contributed by atoms with Crippen LogP contribution in [0.25, 0.3) is 0 Å². The summed E-state index contributed by atoms with van der Waals surface area (Å²) in [5.41, 5.74) is 0. The fourth-order valence-corrected chi connectivity index (χ4v) is 3.80.